The van der Waals surface area contributed by atoms with Crippen LogP contribution in [0, 0.1) is 0 Å². The van der Waals surface area contributed by atoms with E-state index in [1.165, 1.54) is 71.9 Å². The minimum Gasteiger partial charge on any atom is -0.496 e. The van der Waals surface area contributed by atoms with Crippen LogP contribution in [0.1, 0.15) is 146 Å². The van der Waals surface area contributed by atoms with Crippen LogP contribution in [0.2, 0.25) is 0 Å². The zero-order valence-corrected chi connectivity index (χ0v) is 47.9. The van der Waals surface area contributed by atoms with Gasteiger partial charge in [0.25, 0.3) is 29.5 Å². The number of carbonyl (C=O) groups excluding carboxylic acids is 8. The average molecular weight is 1140 g/mol. The van der Waals surface area contributed by atoms with Crippen LogP contribution >= 0.6 is 0 Å². The van der Waals surface area contributed by atoms with Gasteiger partial charge in [0.2, 0.25) is 0 Å². The number of Topliss-reactive ketones (excluding diaryl/α,β-unsaturated/α-hetero) is 3. The van der Waals surface area contributed by atoms with E-state index in [-0.39, 0.29) is 112 Å². The summed E-state index contributed by atoms with van der Waals surface area (Å²) < 4.78 is 27.4. The molecule has 0 heterocycles. The molecule has 4 aromatic carbocycles. The number of amides is 5. The van der Waals surface area contributed by atoms with Gasteiger partial charge in [-0.05, 0) is 156 Å². The molecule has 5 amide bonds. The first-order chi connectivity index (χ1) is 39.5. The third-order valence-corrected chi connectivity index (χ3v) is 13.8. The molecular formula is C60H83N9O13. The van der Waals surface area contributed by atoms with Crippen LogP contribution in [0.3, 0.4) is 0 Å². The molecule has 22 nitrogen and oxygen atoms in total. The van der Waals surface area contributed by atoms with Crippen LogP contribution in [-0.4, -0.2) is 133 Å². The van der Waals surface area contributed by atoms with Crippen molar-refractivity contribution in [1.29, 1.82) is 0 Å². The molecule has 4 aromatic rings. The summed E-state index contributed by atoms with van der Waals surface area (Å²) in [7, 11) is 6.93. The maximum atomic E-state index is 14.3. The summed E-state index contributed by atoms with van der Waals surface area (Å²) in [5.74, 6) is -3.34. The summed E-state index contributed by atoms with van der Waals surface area (Å²) in [6.45, 7) is 2.00. The summed E-state index contributed by atoms with van der Waals surface area (Å²) >= 11 is 0. The van der Waals surface area contributed by atoms with Gasteiger partial charge >= 0.3 is 0 Å². The Bertz CT molecular complexity index is 2830. The Balaban J connectivity index is 1.57. The number of ether oxygens (including phenoxy) is 5. The van der Waals surface area contributed by atoms with Crippen molar-refractivity contribution in [3.8, 4) is 28.7 Å². The van der Waals surface area contributed by atoms with E-state index in [4.69, 9.17) is 52.4 Å². The second kappa shape index (κ2) is 35.1. The van der Waals surface area contributed by atoms with Crippen molar-refractivity contribution < 1.29 is 62.0 Å². The van der Waals surface area contributed by atoms with Crippen LogP contribution in [0.5, 0.6) is 28.7 Å². The molecule has 0 aliphatic rings. The Kier molecular flexibility index (Phi) is 28.5. The maximum Gasteiger partial charge on any atom is 0.255 e. The van der Waals surface area contributed by atoms with Crippen LogP contribution in [0.15, 0.2) is 66.7 Å². The van der Waals surface area contributed by atoms with E-state index in [0.29, 0.717) is 94.4 Å². The molecule has 0 radical (unpaired) electrons. The Morgan fingerprint density at radius 2 is 0.695 bits per heavy atom. The Morgan fingerprint density at radius 3 is 1.04 bits per heavy atom. The van der Waals surface area contributed by atoms with Crippen molar-refractivity contribution in [2.75, 3.05) is 68.3 Å². The van der Waals surface area contributed by atoms with Crippen LogP contribution in [0.4, 0.5) is 0 Å². The SMILES string of the molecule is COc1ccc(CC(=O)[C@H](CCCCN)NC(=O)c2cc(CC(=O)[C@H](CCCCN)NC(=O)c3cc(CC(=O)[C@H](CCCCN)NC(=O)c4cc(C(=O)NCCCCCN)c(OC)cc4OC)ccc3OC)ccc2OC)cc1C(N)=O. The summed E-state index contributed by atoms with van der Waals surface area (Å²) in [4.78, 5) is 110. The molecule has 0 spiro atoms. The molecule has 0 fully saturated rings. The first-order valence-corrected chi connectivity index (χ1v) is 27.7. The third-order valence-electron chi connectivity index (χ3n) is 13.8. The molecule has 0 unspecified atom stereocenters. The van der Waals surface area contributed by atoms with E-state index < -0.39 is 47.7 Å². The van der Waals surface area contributed by atoms with E-state index in [0.717, 1.165) is 12.8 Å². The third kappa shape index (κ3) is 20.0. The lowest BCUT2D eigenvalue weighted by atomic mass is 9.95. The molecule has 446 valence electrons. The van der Waals surface area contributed by atoms with Gasteiger partial charge < -0.3 is 73.6 Å². The highest BCUT2D eigenvalue weighted by Crippen LogP contribution is 2.30. The zero-order chi connectivity index (χ0) is 60.1. The maximum absolute atomic E-state index is 14.3. The molecule has 0 saturated carbocycles. The lowest BCUT2D eigenvalue weighted by molar-refractivity contribution is -0.121. The summed E-state index contributed by atoms with van der Waals surface area (Å²) in [5.41, 5.74) is 30.2. The number of benzene rings is 4. The highest BCUT2D eigenvalue weighted by atomic mass is 16.5. The number of methoxy groups -OCH3 is 5. The number of hydrogen-bond acceptors (Lipinski definition) is 17. The number of ketones is 3. The first kappa shape index (κ1) is 66.6. The lowest BCUT2D eigenvalue weighted by Crippen LogP contribution is -2.42. The number of carbonyl (C=O) groups is 8. The highest BCUT2D eigenvalue weighted by molar-refractivity contribution is 6.05. The molecule has 82 heavy (non-hydrogen) atoms. The lowest BCUT2D eigenvalue weighted by Gasteiger charge is -2.21. The minimum atomic E-state index is -1.03. The van der Waals surface area contributed by atoms with Crippen molar-refractivity contribution in [1.82, 2.24) is 21.3 Å². The topological polar surface area (TPSA) is 361 Å². The fourth-order valence-corrected chi connectivity index (χ4v) is 9.24. The Morgan fingerprint density at radius 1 is 0.378 bits per heavy atom. The molecule has 3 atom stereocenters. The predicted molar refractivity (Wildman–Crippen MR) is 311 cm³/mol. The second-order valence-electron chi connectivity index (χ2n) is 19.7. The molecule has 0 saturated heterocycles. The largest absolute Gasteiger partial charge is 0.496 e. The number of nitrogens with two attached hydrogens (primary N) is 5. The molecule has 4 rings (SSSR count). The standard InChI is InChI=1S/C60H83N9O13/c1-78-51-21-18-37(29-40(51)56(65)73)32-48(70)45(15-7-11-25-62)67-58(75)41-30-38(19-22-52(41)79-2)33-49(71)46(16-8-12-26-63)68-59(76)42-31-39(20-23-53(42)80-3)34-50(72)47(17-9-13-27-64)69-60(77)44-35-43(54(81-4)36-55(44)82-5)57(74)66-28-14-6-10-24-61/h18-23,29-31,35-36,45-47H,6-17,24-28,32-34,61-64H2,1-5H3,(H2,65,73)(H,66,74)(H,67,75)(H,68,76)(H,69,77)/t45-,46-,47-/m0/s1. The van der Waals surface area contributed by atoms with Crippen molar-refractivity contribution >= 4 is 46.9 Å². The quantitative estimate of drug-likeness (QED) is 0.0287. The van der Waals surface area contributed by atoms with Gasteiger partial charge in [-0.25, -0.2) is 0 Å². The van der Waals surface area contributed by atoms with Gasteiger partial charge in [-0.15, -0.1) is 0 Å². The van der Waals surface area contributed by atoms with E-state index in [2.05, 4.69) is 21.3 Å². The predicted octanol–water partition coefficient (Wildman–Crippen LogP) is 3.80. The first-order valence-electron chi connectivity index (χ1n) is 27.7. The monoisotopic (exact) mass is 1140 g/mol. The van der Waals surface area contributed by atoms with E-state index >= 15 is 0 Å². The van der Waals surface area contributed by atoms with Gasteiger partial charge in [0.05, 0.1) is 81.5 Å². The van der Waals surface area contributed by atoms with Gasteiger partial charge in [0.1, 0.15) is 28.7 Å². The minimum absolute atomic E-state index is 0.00220. The number of unbranched alkanes of at least 4 members (excludes halogenated alkanes) is 5. The smallest absolute Gasteiger partial charge is 0.255 e. The van der Waals surface area contributed by atoms with Crippen molar-refractivity contribution in [3.05, 3.63) is 111 Å². The summed E-state index contributed by atoms with van der Waals surface area (Å²) in [6, 6.07) is 13.8. The molecule has 22 heteroatoms. The van der Waals surface area contributed by atoms with Gasteiger partial charge in [-0.2, -0.15) is 0 Å². The van der Waals surface area contributed by atoms with E-state index in [1.54, 1.807) is 30.3 Å². The molecule has 0 aromatic heterocycles. The Labute approximate surface area is 479 Å². The zero-order valence-electron chi connectivity index (χ0n) is 47.9. The number of nitrogens with one attached hydrogen (secondary N) is 4. The average Bonchev–Trinajstić information content (AvgIpc) is 3.53. The summed E-state index contributed by atoms with van der Waals surface area (Å²) in [6.07, 6.45) is 5.75. The molecule has 14 N–H and O–H groups in total. The molecule has 0 aliphatic heterocycles. The van der Waals surface area contributed by atoms with Gasteiger partial charge in [0, 0.05) is 31.9 Å². The van der Waals surface area contributed by atoms with Gasteiger partial charge in [-0.3, -0.25) is 38.4 Å². The fraction of sp³-hybridized carbons (Fsp3) is 0.467. The fourth-order valence-electron chi connectivity index (χ4n) is 9.24. The number of primary amides is 1. The normalized spacial score (nSPS) is 12.0. The van der Waals surface area contributed by atoms with Crippen LogP contribution in [-0.2, 0) is 33.6 Å². The van der Waals surface area contributed by atoms with Crippen LogP contribution < -0.4 is 73.6 Å². The second-order valence-corrected chi connectivity index (χ2v) is 19.7. The number of hydrogen-bond donors (Lipinski definition) is 9. The van der Waals surface area contributed by atoms with Gasteiger partial charge in [-0.1, -0.05) is 24.6 Å². The number of rotatable bonds is 39. The highest BCUT2D eigenvalue weighted by Gasteiger charge is 2.29. The molecule has 0 bridgehead atoms. The van der Waals surface area contributed by atoms with Crippen LogP contribution in [0.25, 0.3) is 0 Å². The van der Waals surface area contributed by atoms with Gasteiger partial charge in [0.15, 0.2) is 17.3 Å². The van der Waals surface area contributed by atoms with E-state index in [1.807, 2.05) is 0 Å². The van der Waals surface area contributed by atoms with E-state index in [9.17, 15) is 38.4 Å². The van der Waals surface area contributed by atoms with Crippen molar-refractivity contribution in [3.63, 3.8) is 0 Å². The van der Waals surface area contributed by atoms with Crippen molar-refractivity contribution in [2.24, 2.45) is 28.7 Å². The molecular weight excluding hydrogens is 1050 g/mol. The summed E-state index contributed by atoms with van der Waals surface area (Å²) in [5, 5.41) is 11.4. The molecule has 0 aliphatic carbocycles. The van der Waals surface area contributed by atoms with Crippen molar-refractivity contribution in [2.45, 2.75) is 114 Å². The Hall–Kier alpha value is -7.92.